The molecule has 1 saturated carbocycles. The Labute approximate surface area is 89.8 Å². The van der Waals surface area contributed by atoms with Crippen molar-refractivity contribution in [3.63, 3.8) is 0 Å². The molecule has 15 heavy (non-hydrogen) atoms. The second-order valence-corrected chi connectivity index (χ2v) is 4.21. The van der Waals surface area contributed by atoms with Crippen LogP contribution < -0.4 is 0 Å². The van der Waals surface area contributed by atoms with Crippen LogP contribution in [0.2, 0.25) is 0 Å². The van der Waals surface area contributed by atoms with Crippen LogP contribution in [0, 0.1) is 0 Å². The summed E-state index contributed by atoms with van der Waals surface area (Å²) in [6.45, 7) is 0.0400. The molecule has 3 nitrogen and oxygen atoms in total. The van der Waals surface area contributed by atoms with Gasteiger partial charge in [-0.3, -0.25) is 4.98 Å². The zero-order chi connectivity index (χ0) is 10.7. The van der Waals surface area contributed by atoms with Gasteiger partial charge in [-0.2, -0.15) is 0 Å². The lowest BCUT2D eigenvalue weighted by atomic mass is 9.84. The molecule has 0 bridgehead atoms. The van der Waals surface area contributed by atoms with Gasteiger partial charge in [-0.25, -0.2) is 0 Å². The molecular weight excluding hydrogens is 190 g/mol. The molecule has 0 radical (unpaired) electrons. The largest absolute Gasteiger partial charge is 0.392 e. The zero-order valence-corrected chi connectivity index (χ0v) is 8.76. The highest BCUT2D eigenvalue weighted by molar-refractivity contribution is 5.19. The quantitative estimate of drug-likeness (QED) is 0.774. The molecule has 2 N–H and O–H groups in total. The summed E-state index contributed by atoms with van der Waals surface area (Å²) in [5.74, 6) is 0.158. The van der Waals surface area contributed by atoms with E-state index in [2.05, 4.69) is 4.98 Å². The highest BCUT2D eigenvalue weighted by Crippen LogP contribution is 2.32. The number of aliphatic hydroxyl groups excluding tert-OH is 2. The molecule has 1 fully saturated rings. The number of nitrogens with zero attached hydrogens (tertiary/aromatic N) is 1. The third-order valence-corrected chi connectivity index (χ3v) is 3.14. The fraction of sp³-hybridized carbons (Fsp3) is 0.583. The van der Waals surface area contributed by atoms with E-state index < -0.39 is 0 Å². The molecule has 1 heterocycles. The molecule has 0 aliphatic heterocycles. The van der Waals surface area contributed by atoms with Crippen molar-refractivity contribution >= 4 is 0 Å². The van der Waals surface area contributed by atoms with Gasteiger partial charge in [-0.15, -0.1) is 0 Å². The van der Waals surface area contributed by atoms with Crippen LogP contribution in [0.25, 0.3) is 0 Å². The molecule has 0 saturated heterocycles. The lowest BCUT2D eigenvalue weighted by Gasteiger charge is -2.27. The Morgan fingerprint density at radius 1 is 1.33 bits per heavy atom. The van der Waals surface area contributed by atoms with E-state index in [9.17, 15) is 5.11 Å². The Morgan fingerprint density at radius 2 is 2.13 bits per heavy atom. The second-order valence-electron chi connectivity index (χ2n) is 4.21. The summed E-state index contributed by atoms with van der Waals surface area (Å²) in [6.07, 6.45) is 5.59. The first-order valence-corrected chi connectivity index (χ1v) is 5.55. The Kier molecular flexibility index (Phi) is 3.34. The lowest BCUT2D eigenvalue weighted by Crippen LogP contribution is -2.23. The summed E-state index contributed by atoms with van der Waals surface area (Å²) in [5.41, 5.74) is 1.80. The van der Waals surface area contributed by atoms with Crippen LogP contribution in [-0.4, -0.2) is 21.3 Å². The first-order valence-electron chi connectivity index (χ1n) is 5.55. The fourth-order valence-corrected chi connectivity index (χ4v) is 2.25. The molecule has 0 amide bonds. The van der Waals surface area contributed by atoms with Gasteiger partial charge >= 0.3 is 0 Å². The van der Waals surface area contributed by atoms with E-state index in [0.29, 0.717) is 0 Å². The Morgan fingerprint density at radius 3 is 2.87 bits per heavy atom. The minimum absolute atomic E-state index is 0.0400. The molecule has 0 unspecified atom stereocenters. The average Bonchev–Trinajstić information content (AvgIpc) is 2.30. The first-order chi connectivity index (χ1) is 7.31. The van der Waals surface area contributed by atoms with Gasteiger partial charge in [0, 0.05) is 17.8 Å². The summed E-state index contributed by atoms with van der Waals surface area (Å²) in [5, 5.41) is 18.9. The van der Waals surface area contributed by atoms with Crippen molar-refractivity contribution in [2.24, 2.45) is 0 Å². The molecule has 0 aromatic carbocycles. The Hall–Kier alpha value is -0.930. The molecule has 2 atom stereocenters. The van der Waals surface area contributed by atoms with Crippen molar-refractivity contribution in [3.8, 4) is 0 Å². The molecule has 1 aromatic heterocycles. The topological polar surface area (TPSA) is 53.4 Å². The van der Waals surface area contributed by atoms with Crippen LogP contribution in [0.1, 0.15) is 42.9 Å². The monoisotopic (exact) mass is 207 g/mol. The van der Waals surface area contributed by atoms with Gasteiger partial charge in [0.2, 0.25) is 0 Å². The first kappa shape index (κ1) is 10.6. The number of aromatic nitrogens is 1. The average molecular weight is 207 g/mol. The van der Waals surface area contributed by atoms with E-state index in [4.69, 9.17) is 5.11 Å². The van der Waals surface area contributed by atoms with Gasteiger partial charge in [-0.1, -0.05) is 12.8 Å². The molecular formula is C12H17NO2. The third kappa shape index (κ3) is 2.36. The summed E-state index contributed by atoms with van der Waals surface area (Å²) in [6, 6.07) is 3.71. The third-order valence-electron chi connectivity index (χ3n) is 3.14. The predicted octanol–water partition coefficient (Wildman–Crippen LogP) is 1.59. The van der Waals surface area contributed by atoms with Crippen LogP contribution in [0.15, 0.2) is 18.3 Å². The van der Waals surface area contributed by atoms with Gasteiger partial charge in [-0.05, 0) is 30.5 Å². The van der Waals surface area contributed by atoms with Crippen molar-refractivity contribution in [2.75, 3.05) is 0 Å². The minimum atomic E-state index is -0.264. The smallest absolute Gasteiger partial charge is 0.0683 e. The maximum Gasteiger partial charge on any atom is 0.0683 e. The normalized spacial score (nSPS) is 26.5. The van der Waals surface area contributed by atoms with Crippen LogP contribution in [0.3, 0.4) is 0 Å². The van der Waals surface area contributed by atoms with Gasteiger partial charge in [0.05, 0.1) is 12.7 Å². The van der Waals surface area contributed by atoms with E-state index in [0.717, 1.165) is 36.9 Å². The van der Waals surface area contributed by atoms with E-state index >= 15 is 0 Å². The summed E-state index contributed by atoms with van der Waals surface area (Å²) in [7, 11) is 0. The van der Waals surface area contributed by atoms with Gasteiger partial charge in [0.25, 0.3) is 0 Å². The number of aliphatic hydroxyl groups is 2. The summed E-state index contributed by atoms with van der Waals surface area (Å²) < 4.78 is 0. The van der Waals surface area contributed by atoms with Crippen molar-refractivity contribution < 1.29 is 10.2 Å². The highest BCUT2D eigenvalue weighted by Gasteiger charge is 2.25. The van der Waals surface area contributed by atoms with Crippen molar-refractivity contribution in [1.82, 2.24) is 4.98 Å². The number of hydrogen-bond acceptors (Lipinski definition) is 3. The fourth-order valence-electron chi connectivity index (χ4n) is 2.25. The maximum absolute atomic E-state index is 9.88. The number of pyridine rings is 1. The van der Waals surface area contributed by atoms with Crippen molar-refractivity contribution in [3.05, 3.63) is 29.6 Å². The van der Waals surface area contributed by atoms with Crippen LogP contribution >= 0.6 is 0 Å². The van der Waals surface area contributed by atoms with Crippen LogP contribution in [-0.2, 0) is 6.61 Å². The zero-order valence-electron chi connectivity index (χ0n) is 8.76. The van der Waals surface area contributed by atoms with Crippen LogP contribution in [0.5, 0.6) is 0 Å². The molecule has 1 aliphatic carbocycles. The van der Waals surface area contributed by atoms with Crippen LogP contribution in [0.4, 0.5) is 0 Å². The maximum atomic E-state index is 9.88. The molecule has 82 valence electrons. The predicted molar refractivity (Wildman–Crippen MR) is 57.4 cm³/mol. The van der Waals surface area contributed by atoms with Gasteiger partial charge < -0.3 is 10.2 Å². The lowest BCUT2D eigenvalue weighted by molar-refractivity contribution is 0.104. The van der Waals surface area contributed by atoms with Gasteiger partial charge in [0.15, 0.2) is 0 Å². The van der Waals surface area contributed by atoms with Crippen molar-refractivity contribution in [2.45, 2.75) is 44.3 Å². The number of hydrogen-bond donors (Lipinski definition) is 2. The Bertz CT molecular complexity index is 327. The second kappa shape index (κ2) is 4.73. The summed E-state index contributed by atoms with van der Waals surface area (Å²) in [4.78, 5) is 4.29. The minimum Gasteiger partial charge on any atom is -0.392 e. The standard InChI is InChI=1S/C12H17NO2/c14-8-9-5-6-13-11(7-9)10-3-1-2-4-12(10)15/h5-7,10,12,14-15H,1-4,8H2/t10-,12+/m1/s1. The molecule has 1 aliphatic rings. The van der Waals surface area contributed by atoms with Gasteiger partial charge in [0.1, 0.15) is 0 Å². The molecule has 1 aromatic rings. The highest BCUT2D eigenvalue weighted by atomic mass is 16.3. The van der Waals surface area contributed by atoms with E-state index in [1.807, 2.05) is 6.07 Å². The molecule has 0 spiro atoms. The molecule has 2 rings (SSSR count). The summed E-state index contributed by atoms with van der Waals surface area (Å²) >= 11 is 0. The Balaban J connectivity index is 2.19. The van der Waals surface area contributed by atoms with E-state index in [-0.39, 0.29) is 18.6 Å². The molecule has 3 heteroatoms. The van der Waals surface area contributed by atoms with Crippen molar-refractivity contribution in [1.29, 1.82) is 0 Å². The SMILES string of the molecule is OCc1ccnc([C@H]2CCCC[C@@H]2O)c1. The van der Waals surface area contributed by atoms with E-state index in [1.165, 1.54) is 0 Å². The van der Waals surface area contributed by atoms with E-state index in [1.54, 1.807) is 12.3 Å². The number of rotatable bonds is 2.